The Morgan fingerprint density at radius 3 is 2.64 bits per heavy atom. The van der Waals surface area contributed by atoms with E-state index in [1.54, 1.807) is 6.07 Å². The molecule has 3 rings (SSSR count). The minimum Gasteiger partial charge on any atom is -0.495 e. The van der Waals surface area contributed by atoms with Gasteiger partial charge in [0.15, 0.2) is 0 Å². The van der Waals surface area contributed by atoms with Crippen LogP contribution in [0, 0.1) is 0 Å². The van der Waals surface area contributed by atoms with Crippen molar-refractivity contribution >= 4 is 48.5 Å². The Balaban J connectivity index is 1.92. The summed E-state index contributed by atoms with van der Waals surface area (Å²) in [5, 5.41) is 8.70. The second-order valence-electron chi connectivity index (χ2n) is 5.28. The van der Waals surface area contributed by atoms with Crippen LogP contribution in [-0.4, -0.2) is 26.4 Å². The average Bonchev–Trinajstić information content (AvgIpc) is 2.97. The van der Waals surface area contributed by atoms with E-state index in [4.69, 9.17) is 9.88 Å². The van der Waals surface area contributed by atoms with Crippen molar-refractivity contribution in [1.82, 2.24) is 4.98 Å². The molecule has 0 saturated carbocycles. The number of carbonyl (C=O) groups is 1. The number of methoxy groups -OCH3 is 1. The fourth-order valence-electron chi connectivity index (χ4n) is 2.40. The normalized spacial score (nSPS) is 11.5. The van der Waals surface area contributed by atoms with Crippen molar-refractivity contribution in [2.45, 2.75) is 4.90 Å². The molecule has 1 aromatic heterocycles. The summed E-state index contributed by atoms with van der Waals surface area (Å²) < 4.78 is 29.2. The molecule has 0 aliphatic rings. The SMILES string of the molecule is COc1ccc(NC(=O)c2cc3ccc(Br)cc3[nH]2)cc1S(N)(=O)=O. The van der Waals surface area contributed by atoms with E-state index < -0.39 is 15.9 Å². The van der Waals surface area contributed by atoms with Gasteiger partial charge in [0.25, 0.3) is 5.91 Å². The Kier molecular flexibility index (Phi) is 4.55. The van der Waals surface area contributed by atoms with Crippen molar-refractivity contribution in [2.75, 3.05) is 12.4 Å². The predicted octanol–water partition coefficient (Wildman–Crippen LogP) is 2.84. The summed E-state index contributed by atoms with van der Waals surface area (Å²) >= 11 is 3.37. The quantitative estimate of drug-likeness (QED) is 0.598. The molecule has 0 spiro atoms. The first-order chi connectivity index (χ1) is 11.8. The summed E-state index contributed by atoms with van der Waals surface area (Å²) in [6.45, 7) is 0. The van der Waals surface area contributed by atoms with Crippen LogP contribution in [0.25, 0.3) is 10.9 Å². The van der Waals surface area contributed by atoms with Gasteiger partial charge in [0.2, 0.25) is 10.0 Å². The Morgan fingerprint density at radius 2 is 1.96 bits per heavy atom. The number of rotatable bonds is 4. The number of anilines is 1. The van der Waals surface area contributed by atoms with Gasteiger partial charge in [0.05, 0.1) is 7.11 Å². The van der Waals surface area contributed by atoms with Gasteiger partial charge in [-0.1, -0.05) is 22.0 Å². The Bertz CT molecular complexity index is 1080. The third kappa shape index (κ3) is 3.68. The van der Waals surface area contributed by atoms with E-state index in [0.717, 1.165) is 15.4 Å². The van der Waals surface area contributed by atoms with Gasteiger partial charge in [-0.05, 0) is 36.4 Å². The fraction of sp³-hybridized carbons (Fsp3) is 0.0625. The summed E-state index contributed by atoms with van der Waals surface area (Å²) in [5.41, 5.74) is 1.44. The highest BCUT2D eigenvalue weighted by Crippen LogP contribution is 2.27. The van der Waals surface area contributed by atoms with Crippen molar-refractivity contribution in [3.8, 4) is 5.75 Å². The van der Waals surface area contributed by atoms with Gasteiger partial charge in [0.1, 0.15) is 16.3 Å². The van der Waals surface area contributed by atoms with Crippen LogP contribution in [0.4, 0.5) is 5.69 Å². The molecule has 0 atom stereocenters. The van der Waals surface area contributed by atoms with E-state index in [0.29, 0.717) is 5.69 Å². The van der Waals surface area contributed by atoms with E-state index >= 15 is 0 Å². The molecule has 0 unspecified atom stereocenters. The summed E-state index contributed by atoms with van der Waals surface area (Å²) in [7, 11) is -2.64. The second-order valence-corrected chi connectivity index (χ2v) is 7.72. The van der Waals surface area contributed by atoms with E-state index in [1.165, 1.54) is 25.3 Å². The highest BCUT2D eigenvalue weighted by atomic mass is 79.9. The molecule has 1 amide bonds. The van der Waals surface area contributed by atoms with Crippen LogP contribution in [0.1, 0.15) is 10.5 Å². The zero-order chi connectivity index (χ0) is 18.2. The molecule has 2 aromatic carbocycles. The Morgan fingerprint density at radius 1 is 1.20 bits per heavy atom. The lowest BCUT2D eigenvalue weighted by Crippen LogP contribution is -2.16. The van der Waals surface area contributed by atoms with E-state index in [9.17, 15) is 13.2 Å². The molecule has 7 nitrogen and oxygen atoms in total. The number of fused-ring (bicyclic) bond motifs is 1. The van der Waals surface area contributed by atoms with Gasteiger partial charge in [-0.3, -0.25) is 4.79 Å². The third-order valence-electron chi connectivity index (χ3n) is 3.56. The molecule has 0 radical (unpaired) electrons. The lowest BCUT2D eigenvalue weighted by molar-refractivity contribution is 0.102. The maximum absolute atomic E-state index is 12.4. The van der Waals surface area contributed by atoms with Crippen LogP contribution in [0.2, 0.25) is 0 Å². The monoisotopic (exact) mass is 423 g/mol. The van der Waals surface area contributed by atoms with E-state index in [-0.39, 0.29) is 16.3 Å². The van der Waals surface area contributed by atoms with Crippen LogP contribution >= 0.6 is 15.9 Å². The number of halogens is 1. The number of hydrogen-bond donors (Lipinski definition) is 3. The van der Waals surface area contributed by atoms with Gasteiger partial charge in [-0.25, -0.2) is 13.6 Å². The maximum Gasteiger partial charge on any atom is 0.272 e. The number of amides is 1. The molecule has 0 fully saturated rings. The lowest BCUT2D eigenvalue weighted by atomic mass is 10.2. The number of H-pyrrole nitrogens is 1. The topological polar surface area (TPSA) is 114 Å². The number of aromatic amines is 1. The molecule has 130 valence electrons. The van der Waals surface area contributed by atoms with E-state index in [2.05, 4.69) is 26.2 Å². The summed E-state index contributed by atoms with van der Waals surface area (Å²) in [5.74, 6) is -0.297. The number of hydrogen-bond acceptors (Lipinski definition) is 4. The van der Waals surface area contributed by atoms with Gasteiger partial charge in [-0.15, -0.1) is 0 Å². The van der Waals surface area contributed by atoms with Crippen molar-refractivity contribution < 1.29 is 17.9 Å². The zero-order valence-electron chi connectivity index (χ0n) is 13.0. The highest BCUT2D eigenvalue weighted by molar-refractivity contribution is 9.10. The molecule has 0 aliphatic heterocycles. The molecular weight excluding hydrogens is 410 g/mol. The second kappa shape index (κ2) is 6.51. The van der Waals surface area contributed by atoms with Crippen molar-refractivity contribution in [2.24, 2.45) is 5.14 Å². The van der Waals surface area contributed by atoms with Crippen LogP contribution in [0.5, 0.6) is 5.75 Å². The van der Waals surface area contributed by atoms with Crippen LogP contribution < -0.4 is 15.2 Å². The maximum atomic E-state index is 12.4. The molecule has 0 saturated heterocycles. The largest absolute Gasteiger partial charge is 0.495 e. The fourth-order valence-corrected chi connectivity index (χ4v) is 3.48. The first-order valence-electron chi connectivity index (χ1n) is 7.08. The summed E-state index contributed by atoms with van der Waals surface area (Å²) in [4.78, 5) is 15.2. The number of sulfonamides is 1. The van der Waals surface area contributed by atoms with E-state index in [1.807, 2.05) is 18.2 Å². The van der Waals surface area contributed by atoms with Crippen molar-refractivity contribution in [3.63, 3.8) is 0 Å². The molecule has 0 aliphatic carbocycles. The number of nitrogens with one attached hydrogen (secondary N) is 2. The summed E-state index contributed by atoms with van der Waals surface area (Å²) in [6.07, 6.45) is 0. The van der Waals surface area contributed by atoms with Crippen LogP contribution in [-0.2, 0) is 10.0 Å². The number of ether oxygens (including phenoxy) is 1. The lowest BCUT2D eigenvalue weighted by Gasteiger charge is -2.09. The minimum atomic E-state index is -3.98. The molecule has 25 heavy (non-hydrogen) atoms. The highest BCUT2D eigenvalue weighted by Gasteiger charge is 2.17. The van der Waals surface area contributed by atoms with Gasteiger partial charge in [0, 0.05) is 21.1 Å². The van der Waals surface area contributed by atoms with Crippen LogP contribution in [0.3, 0.4) is 0 Å². The van der Waals surface area contributed by atoms with Gasteiger partial charge in [-0.2, -0.15) is 0 Å². The van der Waals surface area contributed by atoms with Crippen molar-refractivity contribution in [1.29, 1.82) is 0 Å². The smallest absolute Gasteiger partial charge is 0.272 e. The van der Waals surface area contributed by atoms with Crippen LogP contribution in [0.15, 0.2) is 51.8 Å². The Hall–Kier alpha value is -2.36. The molecule has 3 aromatic rings. The number of nitrogens with two attached hydrogens (primary N) is 1. The first-order valence-corrected chi connectivity index (χ1v) is 9.42. The van der Waals surface area contributed by atoms with Gasteiger partial charge < -0.3 is 15.0 Å². The number of primary sulfonamides is 1. The molecule has 9 heteroatoms. The van der Waals surface area contributed by atoms with Crippen molar-refractivity contribution in [3.05, 3.63) is 52.6 Å². The minimum absolute atomic E-state index is 0.107. The molecule has 0 bridgehead atoms. The Labute approximate surface area is 152 Å². The average molecular weight is 424 g/mol. The number of aromatic nitrogens is 1. The number of benzene rings is 2. The third-order valence-corrected chi connectivity index (χ3v) is 4.98. The zero-order valence-corrected chi connectivity index (χ0v) is 15.4. The van der Waals surface area contributed by atoms with Gasteiger partial charge >= 0.3 is 0 Å². The standard InChI is InChI=1S/C16H14BrN3O4S/c1-24-14-5-4-11(8-15(14)25(18,22)23)19-16(21)13-6-9-2-3-10(17)7-12(9)20-13/h2-8,20H,1H3,(H,19,21)(H2,18,22,23). The number of carbonyl (C=O) groups excluding carboxylic acids is 1. The molecule has 1 heterocycles. The summed E-state index contributed by atoms with van der Waals surface area (Å²) in [6, 6.07) is 11.5. The molecular formula is C16H14BrN3O4S. The predicted molar refractivity (Wildman–Crippen MR) is 98.3 cm³/mol. The molecule has 4 N–H and O–H groups in total. The first kappa shape index (κ1) is 17.5.